The topological polar surface area (TPSA) is 95.5 Å². The highest BCUT2D eigenvalue weighted by Gasteiger charge is 2.33. The predicted molar refractivity (Wildman–Crippen MR) is 64.8 cm³/mol. The standard InChI is InChI=1S/C12H20N2O4/c1-2-5-13-10(15)7-14-11(16)8-3-4-9(6-8)12(17)18/h8-9H,2-7H2,1H3,(H,13,15)(H,14,16)(H,17,18). The van der Waals surface area contributed by atoms with Crippen molar-refractivity contribution in [3.8, 4) is 0 Å². The van der Waals surface area contributed by atoms with E-state index in [9.17, 15) is 14.4 Å². The summed E-state index contributed by atoms with van der Waals surface area (Å²) < 4.78 is 0. The van der Waals surface area contributed by atoms with Crippen LogP contribution < -0.4 is 10.6 Å². The van der Waals surface area contributed by atoms with Crippen molar-refractivity contribution in [3.63, 3.8) is 0 Å². The van der Waals surface area contributed by atoms with Crippen LogP contribution in [0.25, 0.3) is 0 Å². The first-order chi connectivity index (χ1) is 8.54. The largest absolute Gasteiger partial charge is 0.481 e. The molecule has 1 aliphatic carbocycles. The van der Waals surface area contributed by atoms with Crippen molar-refractivity contribution >= 4 is 17.8 Å². The van der Waals surface area contributed by atoms with Gasteiger partial charge in [0.1, 0.15) is 0 Å². The first kappa shape index (κ1) is 14.5. The highest BCUT2D eigenvalue weighted by molar-refractivity contribution is 5.86. The van der Waals surface area contributed by atoms with Gasteiger partial charge in [0.15, 0.2) is 0 Å². The number of carbonyl (C=O) groups is 3. The second-order valence-corrected chi connectivity index (χ2v) is 4.61. The average Bonchev–Trinajstić information content (AvgIpc) is 2.83. The quantitative estimate of drug-likeness (QED) is 0.629. The van der Waals surface area contributed by atoms with Gasteiger partial charge in [-0.1, -0.05) is 6.92 Å². The van der Waals surface area contributed by atoms with Crippen molar-refractivity contribution < 1.29 is 19.5 Å². The highest BCUT2D eigenvalue weighted by Crippen LogP contribution is 2.30. The van der Waals surface area contributed by atoms with Gasteiger partial charge in [0.25, 0.3) is 0 Å². The number of hydrogen-bond donors (Lipinski definition) is 3. The Kier molecular flexibility index (Phi) is 5.61. The van der Waals surface area contributed by atoms with Gasteiger partial charge in [0, 0.05) is 12.5 Å². The number of carbonyl (C=O) groups excluding carboxylic acids is 2. The van der Waals surface area contributed by atoms with Crippen LogP contribution in [-0.2, 0) is 14.4 Å². The molecule has 0 aliphatic heterocycles. The molecule has 2 amide bonds. The van der Waals surface area contributed by atoms with E-state index in [4.69, 9.17) is 5.11 Å². The monoisotopic (exact) mass is 256 g/mol. The van der Waals surface area contributed by atoms with E-state index < -0.39 is 11.9 Å². The third-order valence-corrected chi connectivity index (χ3v) is 3.15. The molecule has 0 aromatic rings. The van der Waals surface area contributed by atoms with E-state index in [0.717, 1.165) is 6.42 Å². The number of carboxylic acid groups (broad SMARTS) is 1. The fraction of sp³-hybridized carbons (Fsp3) is 0.750. The third-order valence-electron chi connectivity index (χ3n) is 3.15. The lowest BCUT2D eigenvalue weighted by Crippen LogP contribution is -2.39. The maximum Gasteiger partial charge on any atom is 0.306 e. The molecule has 1 fully saturated rings. The van der Waals surface area contributed by atoms with Crippen molar-refractivity contribution in [3.05, 3.63) is 0 Å². The first-order valence-electron chi connectivity index (χ1n) is 6.31. The summed E-state index contributed by atoms with van der Waals surface area (Å²) in [6.45, 7) is 2.51. The number of nitrogens with one attached hydrogen (secondary N) is 2. The van der Waals surface area contributed by atoms with Gasteiger partial charge < -0.3 is 15.7 Å². The number of carboxylic acids is 1. The smallest absolute Gasteiger partial charge is 0.306 e. The lowest BCUT2D eigenvalue weighted by Gasteiger charge is -2.10. The molecule has 1 saturated carbocycles. The summed E-state index contributed by atoms with van der Waals surface area (Å²) in [7, 11) is 0. The summed E-state index contributed by atoms with van der Waals surface area (Å²) in [5.41, 5.74) is 0. The second-order valence-electron chi connectivity index (χ2n) is 4.61. The number of rotatable bonds is 6. The zero-order chi connectivity index (χ0) is 13.5. The Morgan fingerprint density at radius 3 is 2.39 bits per heavy atom. The Labute approximate surface area is 106 Å². The van der Waals surface area contributed by atoms with Gasteiger partial charge in [-0.2, -0.15) is 0 Å². The van der Waals surface area contributed by atoms with Crippen LogP contribution in [0.2, 0.25) is 0 Å². The van der Waals surface area contributed by atoms with Crippen molar-refractivity contribution in [2.45, 2.75) is 32.6 Å². The van der Waals surface area contributed by atoms with Crippen LogP contribution in [-0.4, -0.2) is 36.0 Å². The molecule has 3 N–H and O–H groups in total. The third kappa shape index (κ3) is 4.35. The van der Waals surface area contributed by atoms with E-state index in [2.05, 4.69) is 10.6 Å². The minimum Gasteiger partial charge on any atom is -0.481 e. The Bertz CT molecular complexity index is 330. The Hall–Kier alpha value is -1.59. The summed E-state index contributed by atoms with van der Waals surface area (Å²) in [4.78, 5) is 33.7. The minimum absolute atomic E-state index is 0.0347. The highest BCUT2D eigenvalue weighted by atomic mass is 16.4. The van der Waals surface area contributed by atoms with Crippen LogP contribution in [0.15, 0.2) is 0 Å². The molecule has 0 aromatic carbocycles. The Morgan fingerprint density at radius 2 is 1.83 bits per heavy atom. The van der Waals surface area contributed by atoms with Crippen LogP contribution in [0.3, 0.4) is 0 Å². The van der Waals surface area contributed by atoms with Gasteiger partial charge in [0.2, 0.25) is 11.8 Å². The first-order valence-corrected chi connectivity index (χ1v) is 6.31. The fourth-order valence-electron chi connectivity index (χ4n) is 2.08. The molecular weight excluding hydrogens is 236 g/mol. The SMILES string of the molecule is CCCNC(=O)CNC(=O)C1CCC(C(=O)O)C1. The molecule has 0 spiro atoms. The summed E-state index contributed by atoms with van der Waals surface area (Å²) in [6, 6.07) is 0. The van der Waals surface area contributed by atoms with Crippen LogP contribution in [0, 0.1) is 11.8 Å². The summed E-state index contributed by atoms with van der Waals surface area (Å²) in [6.07, 6.45) is 2.34. The van der Waals surface area contributed by atoms with Crippen molar-refractivity contribution in [2.24, 2.45) is 11.8 Å². The van der Waals surface area contributed by atoms with Crippen LogP contribution in [0.5, 0.6) is 0 Å². The van der Waals surface area contributed by atoms with E-state index in [1.54, 1.807) is 0 Å². The van der Waals surface area contributed by atoms with Gasteiger partial charge in [-0.3, -0.25) is 14.4 Å². The minimum atomic E-state index is -0.842. The van der Waals surface area contributed by atoms with Gasteiger partial charge in [0.05, 0.1) is 12.5 Å². The summed E-state index contributed by atoms with van der Waals surface area (Å²) in [5.74, 6) is -1.96. The molecule has 6 heteroatoms. The molecule has 2 unspecified atom stereocenters. The fourth-order valence-corrected chi connectivity index (χ4v) is 2.08. The van der Waals surface area contributed by atoms with Crippen molar-refractivity contribution in [1.29, 1.82) is 0 Å². The molecule has 6 nitrogen and oxygen atoms in total. The van der Waals surface area contributed by atoms with Crippen molar-refractivity contribution in [1.82, 2.24) is 10.6 Å². The molecule has 0 heterocycles. The number of aliphatic carboxylic acids is 1. The number of amides is 2. The zero-order valence-corrected chi connectivity index (χ0v) is 10.6. The maximum absolute atomic E-state index is 11.7. The van der Waals surface area contributed by atoms with Gasteiger partial charge in [-0.05, 0) is 25.7 Å². The molecule has 102 valence electrons. The zero-order valence-electron chi connectivity index (χ0n) is 10.6. The number of hydrogen-bond acceptors (Lipinski definition) is 3. The predicted octanol–water partition coefficient (Wildman–Crippen LogP) is 0.130. The van der Waals surface area contributed by atoms with E-state index in [-0.39, 0.29) is 24.3 Å². The molecule has 18 heavy (non-hydrogen) atoms. The summed E-state index contributed by atoms with van der Waals surface area (Å²) >= 11 is 0. The molecule has 1 rings (SSSR count). The van der Waals surface area contributed by atoms with Gasteiger partial charge in [-0.25, -0.2) is 0 Å². The normalized spacial score (nSPS) is 22.5. The van der Waals surface area contributed by atoms with Gasteiger partial charge >= 0.3 is 5.97 Å². The Balaban J connectivity index is 2.25. The summed E-state index contributed by atoms with van der Waals surface area (Å²) in [5, 5.41) is 14.0. The molecular formula is C12H20N2O4. The van der Waals surface area contributed by atoms with Crippen LogP contribution in [0.1, 0.15) is 32.6 Å². The molecule has 2 atom stereocenters. The van der Waals surface area contributed by atoms with E-state index >= 15 is 0 Å². The van der Waals surface area contributed by atoms with Gasteiger partial charge in [-0.15, -0.1) is 0 Å². The molecule has 0 aromatic heterocycles. The van der Waals surface area contributed by atoms with E-state index in [1.165, 1.54) is 0 Å². The molecule has 1 aliphatic rings. The van der Waals surface area contributed by atoms with Crippen molar-refractivity contribution in [2.75, 3.05) is 13.1 Å². The molecule has 0 saturated heterocycles. The average molecular weight is 256 g/mol. The van der Waals surface area contributed by atoms with E-state index in [1.807, 2.05) is 6.92 Å². The van der Waals surface area contributed by atoms with E-state index in [0.29, 0.717) is 25.8 Å². The lowest BCUT2D eigenvalue weighted by molar-refractivity contribution is -0.141. The van der Waals surface area contributed by atoms with Crippen LogP contribution >= 0.6 is 0 Å². The molecule has 0 bridgehead atoms. The lowest BCUT2D eigenvalue weighted by atomic mass is 10.0. The van der Waals surface area contributed by atoms with Crippen LogP contribution in [0.4, 0.5) is 0 Å². The maximum atomic E-state index is 11.7. The Morgan fingerprint density at radius 1 is 1.17 bits per heavy atom. The molecule has 0 radical (unpaired) electrons. The second kappa shape index (κ2) is 6.98.